The molecule has 1 aromatic rings. The molecule has 6 nitrogen and oxygen atoms in total. The molecule has 0 unspecified atom stereocenters. The number of halogens is 1. The zero-order chi connectivity index (χ0) is 23.7. The van der Waals surface area contributed by atoms with Crippen LogP contribution in [0.1, 0.15) is 110 Å². The van der Waals surface area contributed by atoms with E-state index >= 15 is 0 Å². The van der Waals surface area contributed by atoms with Gasteiger partial charge < -0.3 is 5.32 Å². The second-order valence-electron chi connectivity index (χ2n) is 8.61. The number of nitro benzene ring substituents is 1. The first-order chi connectivity index (χ1) is 15.4. The van der Waals surface area contributed by atoms with Crippen molar-refractivity contribution >= 4 is 31.1 Å². The molecule has 0 aliphatic carbocycles. The number of nitrogens with one attached hydrogen (secondary N) is 1. The number of unbranched alkanes of at least 4 members (excludes halogenated alkanes) is 15. The molecule has 0 bridgehead atoms. The van der Waals surface area contributed by atoms with E-state index in [4.69, 9.17) is 10.7 Å². The van der Waals surface area contributed by atoms with Gasteiger partial charge in [-0.15, -0.1) is 0 Å². The Bertz CT molecular complexity index is 756. The highest BCUT2D eigenvalue weighted by molar-refractivity contribution is 8.13. The first kappa shape index (κ1) is 28.7. The molecule has 0 heterocycles. The summed E-state index contributed by atoms with van der Waals surface area (Å²) in [4.78, 5) is 9.91. The van der Waals surface area contributed by atoms with Crippen LogP contribution in [-0.4, -0.2) is 19.9 Å². The minimum atomic E-state index is -4.15. The van der Waals surface area contributed by atoms with Gasteiger partial charge in [0.15, 0.2) is 4.90 Å². The lowest BCUT2D eigenvalue weighted by Crippen LogP contribution is -2.04. The Labute approximate surface area is 199 Å². The molecule has 0 aromatic heterocycles. The third kappa shape index (κ3) is 13.3. The molecule has 1 aromatic carbocycles. The van der Waals surface area contributed by atoms with Crippen LogP contribution in [0.4, 0.5) is 11.4 Å². The average Bonchev–Trinajstić information content (AvgIpc) is 2.75. The number of nitro groups is 1. The third-order valence-corrected chi connectivity index (χ3v) is 7.15. The van der Waals surface area contributed by atoms with Crippen LogP contribution in [0.2, 0.25) is 0 Å². The van der Waals surface area contributed by atoms with Crippen molar-refractivity contribution in [2.24, 2.45) is 0 Å². The lowest BCUT2D eigenvalue weighted by atomic mass is 10.0. The number of anilines is 1. The maximum absolute atomic E-state index is 11.4. The van der Waals surface area contributed by atoms with Gasteiger partial charge in [-0.3, -0.25) is 10.1 Å². The smallest absolute Gasteiger partial charge is 0.291 e. The molecule has 32 heavy (non-hydrogen) atoms. The number of nitrogens with zero attached hydrogens (tertiary/aromatic N) is 1. The molecule has 0 atom stereocenters. The van der Waals surface area contributed by atoms with Crippen LogP contribution in [0.5, 0.6) is 0 Å². The van der Waals surface area contributed by atoms with Crippen molar-refractivity contribution in [1.29, 1.82) is 0 Å². The fraction of sp³-hybridized carbons (Fsp3) is 0.750. The van der Waals surface area contributed by atoms with E-state index in [1.54, 1.807) is 0 Å². The number of rotatable bonds is 20. The predicted molar refractivity (Wildman–Crippen MR) is 134 cm³/mol. The van der Waals surface area contributed by atoms with Gasteiger partial charge in [0, 0.05) is 29.0 Å². The number of hydrogen-bond acceptors (Lipinski definition) is 5. The highest BCUT2D eigenvalue weighted by Gasteiger charge is 2.24. The second-order valence-corrected chi connectivity index (χ2v) is 11.1. The molecule has 0 fully saturated rings. The maximum atomic E-state index is 11.4. The first-order valence-electron chi connectivity index (χ1n) is 12.3. The summed E-state index contributed by atoms with van der Waals surface area (Å²) in [5.41, 5.74) is 0.0266. The lowest BCUT2D eigenvalue weighted by Gasteiger charge is -2.08. The fourth-order valence-electron chi connectivity index (χ4n) is 3.88. The minimum absolute atomic E-state index is 0.475. The first-order valence-corrected chi connectivity index (χ1v) is 14.6. The van der Waals surface area contributed by atoms with Crippen molar-refractivity contribution in [2.75, 3.05) is 11.9 Å². The van der Waals surface area contributed by atoms with Crippen LogP contribution >= 0.6 is 10.7 Å². The summed E-state index contributed by atoms with van der Waals surface area (Å²) in [5, 5.41) is 14.2. The van der Waals surface area contributed by atoms with E-state index in [0.717, 1.165) is 12.8 Å². The van der Waals surface area contributed by atoms with Gasteiger partial charge >= 0.3 is 0 Å². The van der Waals surface area contributed by atoms with Crippen molar-refractivity contribution < 1.29 is 13.3 Å². The average molecular weight is 489 g/mol. The largest absolute Gasteiger partial charge is 0.385 e. The van der Waals surface area contributed by atoms with Gasteiger partial charge in [-0.05, 0) is 18.6 Å². The Morgan fingerprint density at radius 2 is 1.25 bits per heavy atom. The van der Waals surface area contributed by atoms with Crippen LogP contribution in [0.3, 0.4) is 0 Å². The molecule has 8 heteroatoms. The maximum Gasteiger partial charge on any atom is 0.291 e. The van der Waals surface area contributed by atoms with Gasteiger partial charge in [0.05, 0.1) is 4.92 Å². The molecule has 0 spiro atoms. The van der Waals surface area contributed by atoms with Crippen molar-refractivity contribution in [1.82, 2.24) is 0 Å². The van der Waals surface area contributed by atoms with Crippen molar-refractivity contribution in [2.45, 2.75) is 115 Å². The normalized spacial score (nSPS) is 11.6. The Kier molecular flexibility index (Phi) is 15.4. The molecule has 0 radical (unpaired) electrons. The lowest BCUT2D eigenvalue weighted by molar-refractivity contribution is -0.387. The molecule has 0 saturated heterocycles. The van der Waals surface area contributed by atoms with Crippen molar-refractivity contribution in [3.05, 3.63) is 28.3 Å². The molecule has 0 aliphatic heterocycles. The Morgan fingerprint density at radius 3 is 1.66 bits per heavy atom. The Hall–Kier alpha value is -1.34. The third-order valence-electron chi connectivity index (χ3n) is 5.78. The van der Waals surface area contributed by atoms with Crippen LogP contribution in [0, 0.1) is 10.1 Å². The summed E-state index contributed by atoms with van der Waals surface area (Å²) in [6.07, 6.45) is 21.0. The van der Waals surface area contributed by atoms with E-state index in [9.17, 15) is 18.5 Å². The monoisotopic (exact) mass is 488 g/mol. The van der Waals surface area contributed by atoms with Gasteiger partial charge in [0.2, 0.25) is 0 Å². The molecule has 0 saturated carbocycles. The minimum Gasteiger partial charge on any atom is -0.385 e. The van der Waals surface area contributed by atoms with Gasteiger partial charge in [-0.2, -0.15) is 0 Å². The summed E-state index contributed by atoms with van der Waals surface area (Å²) in [6, 6.07) is 3.91. The summed E-state index contributed by atoms with van der Waals surface area (Å²) >= 11 is 0. The zero-order valence-corrected chi connectivity index (χ0v) is 21.2. The number of benzene rings is 1. The number of hydrogen-bond donors (Lipinski definition) is 1. The van der Waals surface area contributed by atoms with E-state index in [0.29, 0.717) is 12.2 Å². The molecule has 1 rings (SSSR count). The Balaban J connectivity index is 2.01. The van der Waals surface area contributed by atoms with Gasteiger partial charge in [0.25, 0.3) is 14.7 Å². The Morgan fingerprint density at radius 1 is 0.812 bits per heavy atom. The van der Waals surface area contributed by atoms with E-state index in [-0.39, 0.29) is 0 Å². The summed E-state index contributed by atoms with van der Waals surface area (Å²) in [7, 11) is 1.12. The standard InChI is InChI=1S/C24H41ClN2O4S/c1-2-3-4-5-6-7-8-9-10-11-12-13-14-15-16-17-20-26-22-18-19-24(32(25,30)31)23(21-22)27(28)29/h18-19,21,26H,2-17,20H2,1H3. The van der Waals surface area contributed by atoms with Crippen LogP contribution in [0.25, 0.3) is 0 Å². The highest BCUT2D eigenvalue weighted by Crippen LogP contribution is 2.29. The zero-order valence-electron chi connectivity index (χ0n) is 19.6. The second kappa shape index (κ2) is 17.2. The molecule has 1 N–H and O–H groups in total. The quantitative estimate of drug-likeness (QED) is 0.0864. The summed E-state index contributed by atoms with van der Waals surface area (Å²) in [6.45, 7) is 2.96. The van der Waals surface area contributed by atoms with Crippen molar-refractivity contribution in [3.8, 4) is 0 Å². The van der Waals surface area contributed by atoms with Gasteiger partial charge in [-0.1, -0.05) is 103 Å². The van der Waals surface area contributed by atoms with Crippen LogP contribution in [0.15, 0.2) is 23.1 Å². The van der Waals surface area contributed by atoms with E-state index < -0.39 is 24.6 Å². The van der Waals surface area contributed by atoms with E-state index in [2.05, 4.69) is 12.2 Å². The fourth-order valence-corrected chi connectivity index (χ4v) is 4.89. The SMILES string of the molecule is CCCCCCCCCCCCCCCCCCNc1ccc(S(=O)(=O)Cl)c([N+](=O)[O-])c1. The molecule has 0 aliphatic rings. The highest BCUT2D eigenvalue weighted by atomic mass is 35.7. The summed E-state index contributed by atoms with van der Waals surface area (Å²) in [5.74, 6) is 0. The summed E-state index contributed by atoms with van der Waals surface area (Å²) < 4.78 is 22.9. The predicted octanol–water partition coefficient (Wildman–Crippen LogP) is 8.20. The topological polar surface area (TPSA) is 89.3 Å². The molecule has 184 valence electrons. The molecule has 0 amide bonds. The van der Waals surface area contributed by atoms with Gasteiger partial charge in [-0.25, -0.2) is 8.42 Å². The molecular formula is C24H41ClN2O4S. The van der Waals surface area contributed by atoms with Gasteiger partial charge in [0.1, 0.15) is 0 Å². The molecular weight excluding hydrogens is 448 g/mol. The van der Waals surface area contributed by atoms with Crippen LogP contribution < -0.4 is 5.32 Å². The van der Waals surface area contributed by atoms with E-state index in [1.807, 2.05) is 0 Å². The van der Waals surface area contributed by atoms with Crippen LogP contribution in [-0.2, 0) is 9.05 Å². The van der Waals surface area contributed by atoms with E-state index in [1.165, 1.54) is 108 Å². The van der Waals surface area contributed by atoms with Crippen molar-refractivity contribution in [3.63, 3.8) is 0 Å².